The van der Waals surface area contributed by atoms with Gasteiger partial charge in [0.1, 0.15) is 0 Å². The van der Waals surface area contributed by atoms with Crippen molar-refractivity contribution in [2.45, 2.75) is 32.2 Å². The van der Waals surface area contributed by atoms with Crippen molar-refractivity contribution in [1.29, 1.82) is 0 Å². The van der Waals surface area contributed by atoms with Gasteiger partial charge in [0, 0.05) is 25.7 Å². The van der Waals surface area contributed by atoms with Crippen LogP contribution in [0.15, 0.2) is 77.7 Å². The number of benzene rings is 2. The van der Waals surface area contributed by atoms with Crippen molar-refractivity contribution < 1.29 is 4.79 Å². The van der Waals surface area contributed by atoms with Crippen LogP contribution in [0.4, 0.5) is 5.69 Å². The van der Waals surface area contributed by atoms with Gasteiger partial charge in [0.2, 0.25) is 5.91 Å². The van der Waals surface area contributed by atoms with Crippen LogP contribution < -0.4 is 15.8 Å². The van der Waals surface area contributed by atoms with E-state index < -0.39 is 0 Å². The van der Waals surface area contributed by atoms with Gasteiger partial charge >= 0.3 is 0 Å². The molecule has 0 saturated carbocycles. The molecule has 2 aromatic carbocycles. The largest absolute Gasteiger partial charge is 0.369 e. The van der Waals surface area contributed by atoms with E-state index in [4.69, 9.17) is 0 Å². The fourth-order valence-corrected chi connectivity index (χ4v) is 4.19. The molecule has 1 fully saturated rings. The lowest BCUT2D eigenvalue weighted by Crippen LogP contribution is -2.43. The zero-order chi connectivity index (χ0) is 22.2. The molecule has 0 aliphatic carbocycles. The molecule has 166 valence electrons. The molecule has 1 amide bonds. The van der Waals surface area contributed by atoms with E-state index in [1.165, 1.54) is 10.2 Å². The Morgan fingerprint density at radius 3 is 2.47 bits per heavy atom. The first-order valence-electron chi connectivity index (χ1n) is 11.4. The topological polar surface area (TPSA) is 67.2 Å². The zero-order valence-corrected chi connectivity index (χ0v) is 18.3. The summed E-state index contributed by atoms with van der Waals surface area (Å²) in [4.78, 5) is 27.4. The van der Waals surface area contributed by atoms with Crippen LogP contribution in [0, 0.1) is 5.92 Å². The minimum Gasteiger partial charge on any atom is -0.369 e. The maximum absolute atomic E-state index is 12.7. The van der Waals surface area contributed by atoms with Crippen molar-refractivity contribution in [3.8, 4) is 0 Å². The highest BCUT2D eigenvalue weighted by Gasteiger charge is 2.26. The van der Waals surface area contributed by atoms with E-state index in [0.717, 1.165) is 43.5 Å². The molecular formula is C26H30N4O2. The third-order valence-electron chi connectivity index (χ3n) is 5.97. The van der Waals surface area contributed by atoms with Crippen LogP contribution >= 0.6 is 0 Å². The summed E-state index contributed by atoms with van der Waals surface area (Å²) in [6, 6.07) is 21.8. The summed E-state index contributed by atoms with van der Waals surface area (Å²) in [5.41, 5.74) is 3.00. The molecule has 6 nitrogen and oxygen atoms in total. The Morgan fingerprint density at radius 1 is 1.03 bits per heavy atom. The lowest BCUT2D eigenvalue weighted by atomic mass is 9.96. The Morgan fingerprint density at radius 2 is 1.75 bits per heavy atom. The molecule has 3 aromatic rings. The standard InChI is InChI=1S/C26H30N4O2/c31-25-17-24(18-28-30(25)19-22-11-5-2-6-12-22)29-16-8-14-23(20-29)26(32)27-15-7-13-21-9-3-1-4-10-21/h1-6,9-12,17-18,23H,7-8,13-16,19-20H2,(H,27,32). The van der Waals surface area contributed by atoms with Gasteiger partial charge in [-0.3, -0.25) is 9.59 Å². The number of aryl methyl sites for hydroxylation is 1. The number of nitrogens with one attached hydrogen (secondary N) is 1. The molecule has 1 unspecified atom stereocenters. The molecular weight excluding hydrogens is 400 g/mol. The number of hydrogen-bond acceptors (Lipinski definition) is 4. The number of carbonyl (C=O) groups excluding carboxylic acids is 1. The molecule has 2 heterocycles. The quantitative estimate of drug-likeness (QED) is 0.557. The third-order valence-corrected chi connectivity index (χ3v) is 5.97. The molecule has 0 spiro atoms. The highest BCUT2D eigenvalue weighted by Crippen LogP contribution is 2.22. The molecule has 32 heavy (non-hydrogen) atoms. The van der Waals surface area contributed by atoms with Crippen molar-refractivity contribution in [2.75, 3.05) is 24.5 Å². The Bertz CT molecular complexity index is 1070. The summed E-state index contributed by atoms with van der Waals surface area (Å²) in [5.74, 6) is 0.0420. The smallest absolute Gasteiger partial charge is 0.269 e. The van der Waals surface area contributed by atoms with E-state index in [0.29, 0.717) is 19.6 Å². The number of aromatic nitrogens is 2. The number of anilines is 1. The van der Waals surface area contributed by atoms with Crippen molar-refractivity contribution in [1.82, 2.24) is 15.1 Å². The summed E-state index contributed by atoms with van der Waals surface area (Å²) < 4.78 is 1.47. The average molecular weight is 431 g/mol. The van der Waals surface area contributed by atoms with Crippen LogP contribution in [0.3, 0.4) is 0 Å². The molecule has 6 heteroatoms. The minimum absolute atomic E-state index is 0.0628. The van der Waals surface area contributed by atoms with Gasteiger partial charge in [-0.25, -0.2) is 4.68 Å². The first kappa shape index (κ1) is 21.8. The Hall–Kier alpha value is -3.41. The highest BCUT2D eigenvalue weighted by molar-refractivity contribution is 5.79. The van der Waals surface area contributed by atoms with Gasteiger partial charge in [-0.15, -0.1) is 0 Å². The van der Waals surface area contributed by atoms with Crippen LogP contribution in [-0.4, -0.2) is 35.3 Å². The summed E-state index contributed by atoms with van der Waals surface area (Å²) in [7, 11) is 0. The van der Waals surface area contributed by atoms with Crippen LogP contribution in [0.1, 0.15) is 30.4 Å². The molecule has 0 bridgehead atoms. The van der Waals surface area contributed by atoms with Gasteiger partial charge in [0.05, 0.1) is 24.3 Å². The summed E-state index contributed by atoms with van der Waals surface area (Å²) in [6.45, 7) is 2.59. The number of carbonyl (C=O) groups is 1. The van der Waals surface area contributed by atoms with E-state index in [2.05, 4.69) is 27.4 Å². The SMILES string of the molecule is O=C(NCCCc1ccccc1)C1CCCN(c2cnn(Cc3ccccc3)c(=O)c2)C1. The lowest BCUT2D eigenvalue weighted by Gasteiger charge is -2.33. The summed E-state index contributed by atoms with van der Waals surface area (Å²) >= 11 is 0. The molecule has 4 rings (SSSR count). The fourth-order valence-electron chi connectivity index (χ4n) is 4.19. The molecule has 1 atom stereocenters. The second-order valence-electron chi connectivity index (χ2n) is 8.36. The third kappa shape index (κ3) is 5.84. The monoisotopic (exact) mass is 430 g/mol. The maximum atomic E-state index is 12.7. The average Bonchev–Trinajstić information content (AvgIpc) is 2.84. The first-order valence-corrected chi connectivity index (χ1v) is 11.4. The van der Waals surface area contributed by atoms with Crippen molar-refractivity contribution in [3.63, 3.8) is 0 Å². The molecule has 1 aliphatic rings. The lowest BCUT2D eigenvalue weighted by molar-refractivity contribution is -0.125. The van der Waals surface area contributed by atoms with Crippen molar-refractivity contribution in [3.05, 3.63) is 94.4 Å². The predicted molar refractivity (Wildman–Crippen MR) is 127 cm³/mol. The Labute approximate surface area is 188 Å². The number of hydrogen-bond donors (Lipinski definition) is 1. The van der Waals surface area contributed by atoms with Crippen molar-refractivity contribution in [2.24, 2.45) is 5.92 Å². The fraction of sp³-hybridized carbons (Fsp3) is 0.346. The number of amides is 1. The zero-order valence-electron chi connectivity index (χ0n) is 18.3. The first-order chi connectivity index (χ1) is 15.7. The summed E-state index contributed by atoms with van der Waals surface area (Å²) in [5, 5.41) is 7.47. The van der Waals surface area contributed by atoms with E-state index >= 15 is 0 Å². The second-order valence-corrected chi connectivity index (χ2v) is 8.36. The van der Waals surface area contributed by atoms with Crippen molar-refractivity contribution >= 4 is 11.6 Å². The maximum Gasteiger partial charge on any atom is 0.269 e. The van der Waals surface area contributed by atoms with E-state index in [-0.39, 0.29) is 17.4 Å². The van der Waals surface area contributed by atoms with Gasteiger partial charge < -0.3 is 10.2 Å². The molecule has 1 aromatic heterocycles. The predicted octanol–water partition coefficient (Wildman–Crippen LogP) is 3.26. The molecule has 1 saturated heterocycles. The van der Waals surface area contributed by atoms with E-state index in [9.17, 15) is 9.59 Å². The van der Waals surface area contributed by atoms with Gasteiger partial charge in [0.15, 0.2) is 0 Å². The van der Waals surface area contributed by atoms with Crippen LogP contribution in [0.5, 0.6) is 0 Å². The van der Waals surface area contributed by atoms with E-state index in [1.807, 2.05) is 48.5 Å². The normalized spacial score (nSPS) is 16.0. The minimum atomic E-state index is -0.126. The van der Waals surface area contributed by atoms with Gasteiger partial charge in [-0.1, -0.05) is 60.7 Å². The number of nitrogens with zero attached hydrogens (tertiary/aromatic N) is 3. The van der Waals surface area contributed by atoms with Gasteiger partial charge in [-0.2, -0.15) is 5.10 Å². The van der Waals surface area contributed by atoms with Gasteiger partial charge in [0.25, 0.3) is 5.56 Å². The Kier molecular flexibility index (Phi) is 7.33. The number of rotatable bonds is 8. The Balaban J connectivity index is 1.29. The van der Waals surface area contributed by atoms with Gasteiger partial charge in [-0.05, 0) is 36.8 Å². The molecule has 1 aliphatic heterocycles. The molecule has 0 radical (unpaired) electrons. The summed E-state index contributed by atoms with van der Waals surface area (Å²) in [6.07, 6.45) is 5.43. The van der Waals surface area contributed by atoms with Crippen LogP contribution in [-0.2, 0) is 17.8 Å². The highest BCUT2D eigenvalue weighted by atomic mass is 16.2. The van der Waals surface area contributed by atoms with Crippen LogP contribution in [0.25, 0.3) is 0 Å². The second kappa shape index (κ2) is 10.8. The van der Waals surface area contributed by atoms with E-state index in [1.54, 1.807) is 12.3 Å². The number of piperidine rings is 1. The molecule has 1 N–H and O–H groups in total. The van der Waals surface area contributed by atoms with Crippen LogP contribution in [0.2, 0.25) is 0 Å².